The standard InChI is InChI=1S/C30H26O2/c1-21-3-13-25(14-4-21)29(31)27-17-9-23(10-18-27)7-8-24-11-19-28(20-12-24)30(32)26-15-5-22(2)6-16-26/h3-6,9-20H,7-8H2,1-2H3. The van der Waals surface area contributed by atoms with Crippen LogP contribution in [0.25, 0.3) is 0 Å². The third kappa shape index (κ3) is 5.09. The van der Waals surface area contributed by atoms with Crippen LogP contribution in [0.15, 0.2) is 97.1 Å². The second kappa shape index (κ2) is 9.57. The minimum Gasteiger partial charge on any atom is -0.289 e. The number of benzene rings is 4. The van der Waals surface area contributed by atoms with Gasteiger partial charge < -0.3 is 0 Å². The van der Waals surface area contributed by atoms with Crippen molar-refractivity contribution in [2.75, 3.05) is 0 Å². The molecule has 4 aromatic carbocycles. The van der Waals surface area contributed by atoms with Gasteiger partial charge in [-0.15, -0.1) is 0 Å². The first-order chi connectivity index (χ1) is 15.5. The number of hydrogen-bond acceptors (Lipinski definition) is 2. The van der Waals surface area contributed by atoms with Crippen LogP contribution in [0.1, 0.15) is 54.1 Å². The number of aryl methyl sites for hydroxylation is 4. The van der Waals surface area contributed by atoms with E-state index in [0.29, 0.717) is 22.3 Å². The largest absolute Gasteiger partial charge is 0.289 e. The van der Waals surface area contributed by atoms with E-state index in [-0.39, 0.29) is 11.6 Å². The second-order valence-electron chi connectivity index (χ2n) is 8.28. The molecular weight excluding hydrogens is 392 g/mol. The summed E-state index contributed by atoms with van der Waals surface area (Å²) in [6.45, 7) is 4.02. The van der Waals surface area contributed by atoms with Gasteiger partial charge in [0.1, 0.15) is 0 Å². The van der Waals surface area contributed by atoms with Gasteiger partial charge in [-0.3, -0.25) is 9.59 Å². The lowest BCUT2D eigenvalue weighted by Crippen LogP contribution is -2.02. The minimum absolute atomic E-state index is 0.0467. The van der Waals surface area contributed by atoms with E-state index in [1.54, 1.807) is 0 Å². The Balaban J connectivity index is 1.36. The smallest absolute Gasteiger partial charge is 0.193 e. The zero-order valence-corrected chi connectivity index (χ0v) is 18.5. The molecule has 0 heterocycles. The van der Waals surface area contributed by atoms with Crippen LogP contribution in [0.5, 0.6) is 0 Å². The summed E-state index contributed by atoms with van der Waals surface area (Å²) < 4.78 is 0. The molecule has 0 saturated carbocycles. The summed E-state index contributed by atoms with van der Waals surface area (Å²) in [4.78, 5) is 25.3. The molecule has 0 aliphatic heterocycles. The van der Waals surface area contributed by atoms with Crippen molar-refractivity contribution < 1.29 is 9.59 Å². The molecule has 0 spiro atoms. The van der Waals surface area contributed by atoms with E-state index in [1.807, 2.05) is 111 Å². The molecule has 0 unspecified atom stereocenters. The number of carbonyl (C=O) groups excluding carboxylic acids is 2. The average Bonchev–Trinajstić information content (AvgIpc) is 2.83. The van der Waals surface area contributed by atoms with Crippen LogP contribution >= 0.6 is 0 Å². The van der Waals surface area contributed by atoms with Crippen molar-refractivity contribution in [1.29, 1.82) is 0 Å². The van der Waals surface area contributed by atoms with E-state index in [0.717, 1.165) is 24.0 Å². The topological polar surface area (TPSA) is 34.1 Å². The lowest BCUT2D eigenvalue weighted by atomic mass is 9.97. The summed E-state index contributed by atoms with van der Waals surface area (Å²) in [6.07, 6.45) is 1.76. The van der Waals surface area contributed by atoms with Gasteiger partial charge in [-0.1, -0.05) is 108 Å². The van der Waals surface area contributed by atoms with E-state index in [1.165, 1.54) is 11.1 Å². The fourth-order valence-electron chi connectivity index (χ4n) is 3.68. The van der Waals surface area contributed by atoms with Gasteiger partial charge in [0.15, 0.2) is 11.6 Å². The van der Waals surface area contributed by atoms with Crippen LogP contribution in [0.2, 0.25) is 0 Å². The van der Waals surface area contributed by atoms with Crippen molar-refractivity contribution in [3.63, 3.8) is 0 Å². The van der Waals surface area contributed by atoms with E-state index in [2.05, 4.69) is 0 Å². The third-order valence-electron chi connectivity index (χ3n) is 5.76. The van der Waals surface area contributed by atoms with E-state index < -0.39 is 0 Å². The molecule has 158 valence electrons. The molecule has 0 bridgehead atoms. The van der Waals surface area contributed by atoms with Gasteiger partial charge in [-0.25, -0.2) is 0 Å². The van der Waals surface area contributed by atoms with Crippen molar-refractivity contribution in [1.82, 2.24) is 0 Å². The Kier molecular flexibility index (Phi) is 6.42. The third-order valence-corrected chi connectivity index (χ3v) is 5.76. The first-order valence-corrected chi connectivity index (χ1v) is 10.9. The Hall–Kier alpha value is -3.78. The molecule has 2 heteroatoms. The van der Waals surface area contributed by atoms with Gasteiger partial charge >= 0.3 is 0 Å². The van der Waals surface area contributed by atoms with Gasteiger partial charge in [0.05, 0.1) is 0 Å². The Labute approximate surface area is 189 Å². The summed E-state index contributed by atoms with van der Waals surface area (Å²) in [6, 6.07) is 31.0. The highest BCUT2D eigenvalue weighted by atomic mass is 16.1. The summed E-state index contributed by atoms with van der Waals surface area (Å²) in [5, 5.41) is 0. The van der Waals surface area contributed by atoms with Gasteiger partial charge in [-0.05, 0) is 37.8 Å². The van der Waals surface area contributed by atoms with Gasteiger partial charge in [0.25, 0.3) is 0 Å². The molecule has 0 radical (unpaired) electrons. The zero-order valence-electron chi connectivity index (χ0n) is 18.5. The van der Waals surface area contributed by atoms with Crippen molar-refractivity contribution >= 4 is 11.6 Å². The molecule has 0 aromatic heterocycles. The molecule has 0 N–H and O–H groups in total. The Morgan fingerprint density at radius 1 is 0.438 bits per heavy atom. The van der Waals surface area contributed by atoms with Crippen molar-refractivity contribution in [2.45, 2.75) is 26.7 Å². The first-order valence-electron chi connectivity index (χ1n) is 10.9. The average molecular weight is 419 g/mol. The maximum atomic E-state index is 12.6. The molecule has 0 aliphatic rings. The first kappa shape index (κ1) is 21.5. The fraction of sp³-hybridized carbons (Fsp3) is 0.133. The highest BCUT2D eigenvalue weighted by Gasteiger charge is 2.10. The zero-order chi connectivity index (χ0) is 22.5. The highest BCUT2D eigenvalue weighted by Crippen LogP contribution is 2.16. The van der Waals surface area contributed by atoms with Crippen LogP contribution < -0.4 is 0 Å². The van der Waals surface area contributed by atoms with Crippen LogP contribution in [0, 0.1) is 13.8 Å². The lowest BCUT2D eigenvalue weighted by Gasteiger charge is -2.06. The Bertz CT molecular complexity index is 1110. The van der Waals surface area contributed by atoms with Crippen molar-refractivity contribution in [2.24, 2.45) is 0 Å². The second-order valence-corrected chi connectivity index (χ2v) is 8.28. The van der Waals surface area contributed by atoms with Gasteiger partial charge in [0, 0.05) is 22.3 Å². The van der Waals surface area contributed by atoms with E-state index in [4.69, 9.17) is 0 Å². The lowest BCUT2D eigenvalue weighted by molar-refractivity contribution is 0.103. The minimum atomic E-state index is 0.0467. The molecular formula is C30H26O2. The van der Waals surface area contributed by atoms with Gasteiger partial charge in [0.2, 0.25) is 0 Å². The van der Waals surface area contributed by atoms with Gasteiger partial charge in [-0.2, -0.15) is 0 Å². The molecule has 0 aliphatic carbocycles. The number of ketones is 2. The normalized spacial score (nSPS) is 10.7. The number of hydrogen-bond donors (Lipinski definition) is 0. The molecule has 0 amide bonds. The number of carbonyl (C=O) groups is 2. The SMILES string of the molecule is Cc1ccc(C(=O)c2ccc(CCc3ccc(C(=O)c4ccc(C)cc4)cc3)cc2)cc1. The predicted molar refractivity (Wildman–Crippen MR) is 130 cm³/mol. The number of rotatable bonds is 7. The molecule has 0 fully saturated rings. The monoisotopic (exact) mass is 418 g/mol. The molecule has 4 rings (SSSR count). The quantitative estimate of drug-likeness (QED) is 0.319. The van der Waals surface area contributed by atoms with Crippen molar-refractivity contribution in [3.05, 3.63) is 142 Å². The van der Waals surface area contributed by atoms with Crippen molar-refractivity contribution in [3.8, 4) is 0 Å². The molecule has 0 saturated heterocycles. The maximum Gasteiger partial charge on any atom is 0.193 e. The summed E-state index contributed by atoms with van der Waals surface area (Å²) >= 11 is 0. The summed E-state index contributed by atoms with van der Waals surface area (Å²) in [7, 11) is 0. The van der Waals surface area contributed by atoms with E-state index >= 15 is 0 Å². The highest BCUT2D eigenvalue weighted by molar-refractivity contribution is 6.09. The molecule has 0 atom stereocenters. The van der Waals surface area contributed by atoms with Crippen LogP contribution in [-0.4, -0.2) is 11.6 Å². The summed E-state index contributed by atoms with van der Waals surface area (Å²) in [5.41, 5.74) is 7.49. The van der Waals surface area contributed by atoms with Crippen LogP contribution in [-0.2, 0) is 12.8 Å². The predicted octanol–water partition coefficient (Wildman–Crippen LogP) is 6.55. The van der Waals surface area contributed by atoms with E-state index in [9.17, 15) is 9.59 Å². The Morgan fingerprint density at radius 3 is 0.969 bits per heavy atom. The molecule has 2 nitrogen and oxygen atoms in total. The molecule has 32 heavy (non-hydrogen) atoms. The maximum absolute atomic E-state index is 12.6. The molecule has 4 aromatic rings. The summed E-state index contributed by atoms with van der Waals surface area (Å²) in [5.74, 6) is 0.0933. The van der Waals surface area contributed by atoms with Crippen LogP contribution in [0.3, 0.4) is 0 Å². The Morgan fingerprint density at radius 2 is 0.688 bits per heavy atom. The fourth-order valence-corrected chi connectivity index (χ4v) is 3.68. The van der Waals surface area contributed by atoms with Crippen LogP contribution in [0.4, 0.5) is 0 Å².